The Balaban J connectivity index is 1.94. The highest BCUT2D eigenvalue weighted by atomic mass is 16.5. The summed E-state index contributed by atoms with van der Waals surface area (Å²) >= 11 is 0. The van der Waals surface area contributed by atoms with E-state index >= 15 is 0 Å². The zero-order valence-corrected chi connectivity index (χ0v) is 11.6. The third-order valence-electron chi connectivity index (χ3n) is 2.90. The van der Waals surface area contributed by atoms with Crippen molar-refractivity contribution in [3.63, 3.8) is 0 Å². The van der Waals surface area contributed by atoms with E-state index in [0.717, 1.165) is 17.2 Å². The molecule has 112 valence electrons. The highest BCUT2D eigenvalue weighted by Crippen LogP contribution is 2.15. The molecule has 2 aromatic carbocycles. The van der Waals surface area contributed by atoms with E-state index in [0.29, 0.717) is 12.4 Å². The minimum Gasteiger partial charge on any atom is -0.489 e. The molecule has 22 heavy (non-hydrogen) atoms. The van der Waals surface area contributed by atoms with Gasteiger partial charge in [-0.2, -0.15) is 0 Å². The summed E-state index contributed by atoms with van der Waals surface area (Å²) in [6, 6.07) is 13.5. The van der Waals surface area contributed by atoms with Gasteiger partial charge in [0.1, 0.15) is 12.4 Å². The van der Waals surface area contributed by atoms with Gasteiger partial charge in [-0.05, 0) is 41.5 Å². The molecule has 5 heteroatoms. The standard InChI is InChI=1S/C17H14O5/c18-16(19)10-5-12-3-8-15(9-4-12)22-11-13-1-6-14(7-2-13)17(20)21/h1-10H,11H2,(H,18,19)(H,20,21)/b10-5+. The summed E-state index contributed by atoms with van der Waals surface area (Å²) in [5, 5.41) is 17.4. The van der Waals surface area contributed by atoms with Gasteiger partial charge in [0.25, 0.3) is 0 Å². The van der Waals surface area contributed by atoms with E-state index in [9.17, 15) is 9.59 Å². The van der Waals surface area contributed by atoms with Crippen LogP contribution in [0.3, 0.4) is 0 Å². The Kier molecular flexibility index (Phi) is 4.93. The van der Waals surface area contributed by atoms with E-state index in [1.165, 1.54) is 18.2 Å². The van der Waals surface area contributed by atoms with Gasteiger partial charge in [0.05, 0.1) is 5.56 Å². The first kappa shape index (κ1) is 15.3. The molecule has 0 unspecified atom stereocenters. The van der Waals surface area contributed by atoms with Crippen LogP contribution in [0.1, 0.15) is 21.5 Å². The quantitative estimate of drug-likeness (QED) is 0.801. The molecule has 0 radical (unpaired) electrons. The molecule has 2 rings (SSSR count). The molecule has 0 amide bonds. The first-order valence-electron chi connectivity index (χ1n) is 6.51. The van der Waals surface area contributed by atoms with Crippen LogP contribution in [0.5, 0.6) is 5.75 Å². The molecule has 2 N–H and O–H groups in total. The van der Waals surface area contributed by atoms with E-state index < -0.39 is 11.9 Å². The first-order valence-corrected chi connectivity index (χ1v) is 6.51. The second-order valence-electron chi connectivity index (χ2n) is 4.53. The number of carbonyl (C=O) groups is 2. The highest BCUT2D eigenvalue weighted by Gasteiger charge is 2.02. The van der Waals surface area contributed by atoms with Gasteiger partial charge in [-0.15, -0.1) is 0 Å². The molecule has 0 fully saturated rings. The van der Waals surface area contributed by atoms with E-state index in [1.807, 2.05) is 0 Å². The van der Waals surface area contributed by atoms with E-state index in [-0.39, 0.29) is 5.56 Å². The van der Waals surface area contributed by atoms with Gasteiger partial charge < -0.3 is 14.9 Å². The summed E-state index contributed by atoms with van der Waals surface area (Å²) in [6.45, 7) is 0.324. The lowest BCUT2D eigenvalue weighted by atomic mass is 10.1. The SMILES string of the molecule is O=C(O)/C=C/c1ccc(OCc2ccc(C(=O)O)cc2)cc1. The van der Waals surface area contributed by atoms with Crippen molar-refractivity contribution in [2.75, 3.05) is 0 Å². The maximum atomic E-state index is 10.7. The van der Waals surface area contributed by atoms with Gasteiger partial charge in [-0.3, -0.25) is 0 Å². The third-order valence-corrected chi connectivity index (χ3v) is 2.90. The predicted molar refractivity (Wildman–Crippen MR) is 80.8 cm³/mol. The fourth-order valence-electron chi connectivity index (χ4n) is 1.75. The lowest BCUT2D eigenvalue weighted by Crippen LogP contribution is -1.98. The Labute approximate surface area is 127 Å². The molecule has 0 saturated heterocycles. The first-order chi connectivity index (χ1) is 10.5. The minimum absolute atomic E-state index is 0.235. The van der Waals surface area contributed by atoms with Crippen LogP contribution in [0.15, 0.2) is 54.6 Å². The molecule has 5 nitrogen and oxygen atoms in total. The summed E-state index contributed by atoms with van der Waals surface area (Å²) in [5.74, 6) is -1.31. The molecule has 0 bridgehead atoms. The van der Waals surface area contributed by atoms with Crippen LogP contribution < -0.4 is 4.74 Å². The number of carboxylic acids is 2. The molecule has 2 aromatic rings. The molecule has 0 aromatic heterocycles. The summed E-state index contributed by atoms with van der Waals surface area (Å²) < 4.78 is 5.59. The van der Waals surface area contributed by atoms with Gasteiger partial charge >= 0.3 is 11.9 Å². The molecule has 0 aliphatic rings. The number of ether oxygens (including phenoxy) is 1. The zero-order chi connectivity index (χ0) is 15.9. The molecular weight excluding hydrogens is 284 g/mol. The van der Waals surface area contributed by atoms with Crippen molar-refractivity contribution in [3.05, 3.63) is 71.3 Å². The Morgan fingerprint density at radius 3 is 2.14 bits per heavy atom. The topological polar surface area (TPSA) is 83.8 Å². The maximum Gasteiger partial charge on any atom is 0.335 e. The number of carboxylic acid groups (broad SMARTS) is 2. The van der Waals surface area contributed by atoms with Crippen molar-refractivity contribution < 1.29 is 24.5 Å². The number of hydrogen-bond donors (Lipinski definition) is 2. The summed E-state index contributed by atoms with van der Waals surface area (Å²) in [6.07, 6.45) is 2.57. The van der Waals surface area contributed by atoms with Crippen molar-refractivity contribution in [1.29, 1.82) is 0 Å². The van der Waals surface area contributed by atoms with Gasteiger partial charge in [0, 0.05) is 6.08 Å². The zero-order valence-electron chi connectivity index (χ0n) is 11.6. The Morgan fingerprint density at radius 1 is 0.955 bits per heavy atom. The van der Waals surface area contributed by atoms with Gasteiger partial charge in [-0.25, -0.2) is 9.59 Å². The second kappa shape index (κ2) is 7.08. The van der Waals surface area contributed by atoms with Crippen molar-refractivity contribution in [1.82, 2.24) is 0 Å². The monoisotopic (exact) mass is 298 g/mol. The highest BCUT2D eigenvalue weighted by molar-refractivity contribution is 5.87. The fraction of sp³-hybridized carbons (Fsp3) is 0.0588. The number of hydrogen-bond acceptors (Lipinski definition) is 3. The number of aromatic carboxylic acids is 1. The summed E-state index contributed by atoms with van der Waals surface area (Å²) in [5.41, 5.74) is 1.86. The van der Waals surface area contributed by atoms with Crippen molar-refractivity contribution in [2.24, 2.45) is 0 Å². The van der Waals surface area contributed by atoms with Crippen LogP contribution in [0.25, 0.3) is 6.08 Å². The Bertz CT molecular complexity index is 684. The molecule has 0 aliphatic carbocycles. The minimum atomic E-state index is -0.995. The molecule has 0 aliphatic heterocycles. The maximum absolute atomic E-state index is 10.7. The van der Waals surface area contributed by atoms with Crippen LogP contribution in [0.4, 0.5) is 0 Å². The number of benzene rings is 2. The lowest BCUT2D eigenvalue weighted by molar-refractivity contribution is -0.131. The van der Waals surface area contributed by atoms with Gasteiger partial charge in [-0.1, -0.05) is 24.3 Å². The van der Waals surface area contributed by atoms with Gasteiger partial charge in [0.2, 0.25) is 0 Å². The Hall–Kier alpha value is -3.08. The van der Waals surface area contributed by atoms with Crippen LogP contribution in [-0.4, -0.2) is 22.2 Å². The second-order valence-corrected chi connectivity index (χ2v) is 4.53. The van der Waals surface area contributed by atoms with Crippen LogP contribution in [0, 0.1) is 0 Å². The van der Waals surface area contributed by atoms with Gasteiger partial charge in [0.15, 0.2) is 0 Å². The van der Waals surface area contributed by atoms with Crippen LogP contribution in [0.2, 0.25) is 0 Å². The molecule has 0 saturated carbocycles. The van der Waals surface area contributed by atoms with Crippen LogP contribution in [-0.2, 0) is 11.4 Å². The predicted octanol–water partition coefficient (Wildman–Crippen LogP) is 3.06. The average Bonchev–Trinajstić information content (AvgIpc) is 2.52. The lowest BCUT2D eigenvalue weighted by Gasteiger charge is -2.07. The van der Waals surface area contributed by atoms with E-state index in [4.69, 9.17) is 14.9 Å². The summed E-state index contributed by atoms with van der Waals surface area (Å²) in [4.78, 5) is 21.2. The fourth-order valence-corrected chi connectivity index (χ4v) is 1.75. The van der Waals surface area contributed by atoms with Crippen molar-refractivity contribution in [3.8, 4) is 5.75 Å². The normalized spacial score (nSPS) is 10.5. The number of aliphatic carboxylic acids is 1. The molecule has 0 spiro atoms. The Morgan fingerprint density at radius 2 is 1.59 bits per heavy atom. The summed E-state index contributed by atoms with van der Waals surface area (Å²) in [7, 11) is 0. The molecule has 0 heterocycles. The van der Waals surface area contributed by atoms with E-state index in [1.54, 1.807) is 36.4 Å². The molecule has 0 atom stereocenters. The van der Waals surface area contributed by atoms with Crippen molar-refractivity contribution in [2.45, 2.75) is 6.61 Å². The smallest absolute Gasteiger partial charge is 0.335 e. The largest absolute Gasteiger partial charge is 0.489 e. The van der Waals surface area contributed by atoms with Crippen molar-refractivity contribution >= 4 is 18.0 Å². The average molecular weight is 298 g/mol. The van der Waals surface area contributed by atoms with E-state index in [2.05, 4.69) is 0 Å². The molecular formula is C17H14O5. The number of rotatable bonds is 6. The van der Waals surface area contributed by atoms with Crippen LogP contribution >= 0.6 is 0 Å². The third kappa shape index (κ3) is 4.49.